The van der Waals surface area contributed by atoms with Gasteiger partial charge in [-0.1, -0.05) is 219 Å². The van der Waals surface area contributed by atoms with E-state index in [4.69, 9.17) is 9.84 Å². The topological polar surface area (TPSA) is 92.7 Å². The van der Waals surface area contributed by atoms with Crippen LogP contribution in [-0.2, 0) is 19.1 Å². The third-order valence-electron chi connectivity index (χ3n) is 11.7. The molecular weight excluding hydrogens is 707 g/mol. The number of rotatable bonds is 47. The van der Waals surface area contributed by atoms with Crippen molar-refractivity contribution in [1.82, 2.24) is 5.32 Å². The summed E-state index contributed by atoms with van der Waals surface area (Å²) in [6.45, 7) is 4.26. The van der Waals surface area contributed by atoms with Gasteiger partial charge in [0.1, 0.15) is 12.6 Å². The van der Waals surface area contributed by atoms with Gasteiger partial charge in [-0.2, -0.15) is 0 Å². The van der Waals surface area contributed by atoms with Gasteiger partial charge in [0.2, 0.25) is 5.91 Å². The molecule has 6 heteroatoms. The molecule has 1 atom stereocenters. The summed E-state index contributed by atoms with van der Waals surface area (Å²) < 4.78 is 6.07. The Kier molecular flexibility index (Phi) is 45.3. The van der Waals surface area contributed by atoms with E-state index in [0.29, 0.717) is 12.8 Å². The van der Waals surface area contributed by atoms with Crippen molar-refractivity contribution < 1.29 is 24.2 Å². The molecule has 1 unspecified atom stereocenters. The molecule has 0 aromatic heterocycles. The van der Waals surface area contributed by atoms with Crippen molar-refractivity contribution >= 4 is 17.8 Å². The second kappa shape index (κ2) is 46.8. The highest BCUT2D eigenvalue weighted by molar-refractivity contribution is 5.80. The largest absolute Gasteiger partial charge is 0.480 e. The maximum atomic E-state index is 12.8. The molecule has 0 saturated carbocycles. The van der Waals surface area contributed by atoms with Crippen LogP contribution in [0.5, 0.6) is 0 Å². The van der Waals surface area contributed by atoms with E-state index < -0.39 is 5.97 Å². The van der Waals surface area contributed by atoms with Crippen LogP contribution in [0.1, 0.15) is 284 Å². The first-order valence-corrected chi connectivity index (χ1v) is 25.3. The number of amides is 1. The van der Waals surface area contributed by atoms with Crippen molar-refractivity contribution in [2.24, 2.45) is 0 Å². The van der Waals surface area contributed by atoms with Crippen LogP contribution >= 0.6 is 0 Å². The minimum atomic E-state index is -1.01. The van der Waals surface area contributed by atoms with E-state index in [0.717, 1.165) is 64.2 Å². The van der Waals surface area contributed by atoms with Gasteiger partial charge in [-0.15, -0.1) is 0 Å². The lowest BCUT2D eigenvalue weighted by Crippen LogP contribution is -2.28. The molecule has 0 aromatic rings. The van der Waals surface area contributed by atoms with Crippen molar-refractivity contribution in [3.8, 4) is 0 Å². The quantitative estimate of drug-likeness (QED) is 0.0363. The van der Waals surface area contributed by atoms with Crippen LogP contribution in [0.15, 0.2) is 12.2 Å². The lowest BCUT2D eigenvalue weighted by molar-refractivity contribution is -0.150. The third kappa shape index (κ3) is 46.7. The molecule has 57 heavy (non-hydrogen) atoms. The van der Waals surface area contributed by atoms with Crippen molar-refractivity contribution in [1.29, 1.82) is 0 Å². The highest BCUT2D eigenvalue weighted by Crippen LogP contribution is 2.20. The minimum absolute atomic E-state index is 0.00964. The zero-order chi connectivity index (χ0) is 41.5. The van der Waals surface area contributed by atoms with Crippen LogP contribution in [-0.4, -0.2) is 35.6 Å². The normalized spacial score (nSPS) is 12.0. The summed E-state index contributed by atoms with van der Waals surface area (Å²) in [5.41, 5.74) is 0. The fraction of sp³-hybridized carbons (Fsp3) is 0.902. The Labute approximate surface area is 354 Å². The molecule has 336 valence electrons. The predicted octanol–water partition coefficient (Wildman–Crippen LogP) is 16.1. The average Bonchev–Trinajstić information content (AvgIpc) is 3.20. The van der Waals surface area contributed by atoms with Crippen molar-refractivity contribution in [3.63, 3.8) is 0 Å². The first kappa shape index (κ1) is 55.2. The number of unbranched alkanes of at least 4 members (excludes halogenated alkanes) is 34. The summed E-state index contributed by atoms with van der Waals surface area (Å²) in [4.78, 5) is 35.2. The Morgan fingerprint density at radius 2 is 0.754 bits per heavy atom. The SMILES string of the molecule is CCCCCCCCCC/C=C\CCCCCCCCCCCC(=O)OC(CCCCCCCCCCCCCCCC)CCCCCCCC(=O)NCC(=O)O. The Hall–Kier alpha value is -1.85. The zero-order valence-corrected chi connectivity index (χ0v) is 38.2. The maximum Gasteiger partial charge on any atom is 0.322 e. The van der Waals surface area contributed by atoms with Gasteiger partial charge >= 0.3 is 11.9 Å². The standard InChI is InChI=1S/C51H97NO5/c1-3-5-7-9-11-13-15-17-19-20-21-22-23-24-25-27-29-31-33-38-42-46-51(56)57-48(44-40-36-34-37-41-45-49(53)52-47-50(54)55)43-39-35-32-30-28-26-18-16-14-12-10-8-6-4-2/h20-21,48H,3-19,22-47H2,1-2H3,(H,52,53)(H,54,55)/b21-20-. The van der Waals surface area contributed by atoms with Gasteiger partial charge in [0.25, 0.3) is 0 Å². The number of allylic oxidation sites excluding steroid dienone is 2. The van der Waals surface area contributed by atoms with Gasteiger partial charge in [0.15, 0.2) is 0 Å². The number of nitrogens with one attached hydrogen (secondary N) is 1. The van der Waals surface area contributed by atoms with Crippen LogP contribution in [0.4, 0.5) is 0 Å². The highest BCUT2D eigenvalue weighted by Gasteiger charge is 2.14. The van der Waals surface area contributed by atoms with Gasteiger partial charge in [-0.05, 0) is 64.2 Å². The molecule has 0 aliphatic rings. The number of hydrogen-bond donors (Lipinski definition) is 2. The molecule has 0 aliphatic heterocycles. The van der Waals surface area contributed by atoms with Gasteiger partial charge < -0.3 is 15.2 Å². The number of aliphatic carboxylic acids is 1. The van der Waals surface area contributed by atoms with E-state index in [1.165, 1.54) is 193 Å². The molecule has 0 spiro atoms. The Bertz CT molecular complexity index is 889. The molecule has 0 radical (unpaired) electrons. The molecule has 0 rings (SSSR count). The fourth-order valence-electron chi connectivity index (χ4n) is 7.92. The van der Waals surface area contributed by atoms with Crippen LogP contribution in [0, 0.1) is 0 Å². The Balaban J connectivity index is 4.05. The van der Waals surface area contributed by atoms with E-state index in [-0.39, 0.29) is 24.5 Å². The van der Waals surface area contributed by atoms with E-state index in [1.807, 2.05) is 0 Å². The number of hydrogen-bond acceptors (Lipinski definition) is 4. The highest BCUT2D eigenvalue weighted by atomic mass is 16.5. The van der Waals surface area contributed by atoms with E-state index in [9.17, 15) is 14.4 Å². The fourth-order valence-corrected chi connectivity index (χ4v) is 7.92. The summed E-state index contributed by atoms with van der Waals surface area (Å²) in [5, 5.41) is 11.1. The molecule has 0 aromatic carbocycles. The summed E-state index contributed by atoms with van der Waals surface area (Å²) in [6.07, 6.45) is 56.4. The zero-order valence-electron chi connectivity index (χ0n) is 38.2. The lowest BCUT2D eigenvalue weighted by Gasteiger charge is -2.18. The van der Waals surface area contributed by atoms with E-state index in [2.05, 4.69) is 31.3 Å². The van der Waals surface area contributed by atoms with Crippen molar-refractivity contribution in [2.75, 3.05) is 6.54 Å². The first-order valence-electron chi connectivity index (χ1n) is 25.3. The van der Waals surface area contributed by atoms with Crippen molar-refractivity contribution in [3.05, 3.63) is 12.2 Å². The second-order valence-corrected chi connectivity index (χ2v) is 17.4. The number of esters is 1. The van der Waals surface area contributed by atoms with Crippen LogP contribution in [0.3, 0.4) is 0 Å². The predicted molar refractivity (Wildman–Crippen MR) is 245 cm³/mol. The molecule has 0 heterocycles. The summed E-state index contributed by atoms with van der Waals surface area (Å²) in [6, 6.07) is 0. The van der Waals surface area contributed by atoms with Crippen LogP contribution < -0.4 is 5.32 Å². The summed E-state index contributed by atoms with van der Waals surface area (Å²) >= 11 is 0. The van der Waals surface area contributed by atoms with Crippen LogP contribution in [0.25, 0.3) is 0 Å². The Morgan fingerprint density at radius 1 is 0.439 bits per heavy atom. The lowest BCUT2D eigenvalue weighted by atomic mass is 10.0. The molecule has 0 fully saturated rings. The second-order valence-electron chi connectivity index (χ2n) is 17.4. The van der Waals surface area contributed by atoms with E-state index >= 15 is 0 Å². The molecule has 0 bridgehead atoms. The Morgan fingerprint density at radius 3 is 1.12 bits per heavy atom. The number of ether oxygens (including phenoxy) is 1. The summed E-state index contributed by atoms with van der Waals surface area (Å²) in [5.74, 6) is -1.21. The van der Waals surface area contributed by atoms with Gasteiger partial charge in [0, 0.05) is 12.8 Å². The minimum Gasteiger partial charge on any atom is -0.480 e. The molecule has 1 amide bonds. The molecule has 2 N–H and O–H groups in total. The molecule has 6 nitrogen and oxygen atoms in total. The van der Waals surface area contributed by atoms with Gasteiger partial charge in [-0.25, -0.2) is 0 Å². The first-order chi connectivity index (χ1) is 28.0. The number of carbonyl (C=O) groups is 3. The number of carboxylic acid groups (broad SMARTS) is 1. The van der Waals surface area contributed by atoms with Crippen molar-refractivity contribution in [2.45, 2.75) is 290 Å². The number of carbonyl (C=O) groups excluding carboxylic acids is 2. The number of carboxylic acids is 1. The maximum absolute atomic E-state index is 12.8. The summed E-state index contributed by atoms with van der Waals surface area (Å²) in [7, 11) is 0. The molecule has 0 saturated heterocycles. The van der Waals surface area contributed by atoms with E-state index in [1.54, 1.807) is 0 Å². The van der Waals surface area contributed by atoms with Gasteiger partial charge in [-0.3, -0.25) is 14.4 Å². The molecule has 0 aliphatic carbocycles. The van der Waals surface area contributed by atoms with Gasteiger partial charge in [0.05, 0.1) is 0 Å². The third-order valence-corrected chi connectivity index (χ3v) is 11.7. The smallest absolute Gasteiger partial charge is 0.322 e. The average molecular weight is 804 g/mol. The molecular formula is C51H97NO5. The van der Waals surface area contributed by atoms with Crippen LogP contribution in [0.2, 0.25) is 0 Å². The monoisotopic (exact) mass is 804 g/mol.